The Hall–Kier alpha value is 1.31. The molecule has 11 heavy (non-hydrogen) atoms. The second-order valence-corrected chi connectivity index (χ2v) is 11.5. The quantitative estimate of drug-likeness (QED) is 0.553. The molecule has 1 fully saturated rings. The minimum atomic E-state index is -2.01. The first-order valence-corrected chi connectivity index (χ1v) is 8.84. The van der Waals surface area contributed by atoms with Crippen molar-refractivity contribution in [2.75, 3.05) is 0 Å². The summed E-state index contributed by atoms with van der Waals surface area (Å²) in [6.45, 7) is 0. The van der Waals surface area contributed by atoms with E-state index in [1.165, 1.54) is 19.3 Å². The van der Waals surface area contributed by atoms with E-state index in [0.29, 0.717) is 6.10 Å². The van der Waals surface area contributed by atoms with Gasteiger partial charge in [-0.1, -0.05) is 19.3 Å². The van der Waals surface area contributed by atoms with Gasteiger partial charge in [-0.2, -0.15) is 0 Å². The zero-order chi connectivity index (χ0) is 8.32. The predicted octanol–water partition coefficient (Wildman–Crippen LogP) is 3.42. The van der Waals surface area contributed by atoms with Gasteiger partial charge >= 0.3 is 0 Å². The molecular formula is C6H13OPS3. The molecule has 5 heteroatoms. The maximum absolute atomic E-state index is 5.53. The van der Waals surface area contributed by atoms with Crippen molar-refractivity contribution in [1.29, 1.82) is 0 Å². The molecule has 0 atom stereocenters. The Kier molecular flexibility index (Phi) is 4.27. The largest absolute Gasteiger partial charge is 0.331 e. The maximum Gasteiger partial charge on any atom is 0.168 e. The fourth-order valence-electron chi connectivity index (χ4n) is 1.36. The highest BCUT2D eigenvalue weighted by Crippen LogP contribution is 2.58. The summed E-state index contributed by atoms with van der Waals surface area (Å²) in [5.41, 5.74) is 0. The molecule has 0 saturated heterocycles. The van der Waals surface area contributed by atoms with Crippen molar-refractivity contribution >= 4 is 41.0 Å². The molecule has 0 aromatic heterocycles. The van der Waals surface area contributed by atoms with E-state index in [2.05, 4.69) is 24.5 Å². The van der Waals surface area contributed by atoms with Gasteiger partial charge in [0.05, 0.1) is 6.10 Å². The fourth-order valence-corrected chi connectivity index (χ4v) is 3.13. The standard InChI is InChI=1S/C6H13OPS3/c9-8(10,11)7-6-4-2-1-3-5-6/h6H,1-5H2,(H2,9,10,11). The van der Waals surface area contributed by atoms with Crippen molar-refractivity contribution in [2.45, 2.75) is 38.2 Å². The number of rotatable bonds is 2. The summed E-state index contributed by atoms with van der Waals surface area (Å²) < 4.78 is 3.52. The molecule has 0 radical (unpaired) electrons. The highest BCUT2D eigenvalue weighted by atomic mass is 33.2. The molecule has 0 aromatic carbocycles. The van der Waals surface area contributed by atoms with Gasteiger partial charge in [-0.3, -0.25) is 0 Å². The molecule has 0 heterocycles. The van der Waals surface area contributed by atoms with Crippen molar-refractivity contribution < 1.29 is 4.52 Å². The Morgan fingerprint density at radius 2 is 1.73 bits per heavy atom. The lowest BCUT2D eigenvalue weighted by Crippen LogP contribution is -2.13. The first-order chi connectivity index (χ1) is 5.08. The van der Waals surface area contributed by atoms with E-state index in [9.17, 15) is 0 Å². The molecule has 0 spiro atoms. The molecule has 0 N–H and O–H groups in total. The van der Waals surface area contributed by atoms with E-state index >= 15 is 0 Å². The molecule has 0 bridgehead atoms. The van der Waals surface area contributed by atoms with E-state index in [1.807, 2.05) is 0 Å². The lowest BCUT2D eigenvalue weighted by Gasteiger charge is -2.24. The van der Waals surface area contributed by atoms with Crippen molar-refractivity contribution in [1.82, 2.24) is 0 Å². The van der Waals surface area contributed by atoms with Gasteiger partial charge in [-0.25, -0.2) is 0 Å². The average molecular weight is 228 g/mol. The topological polar surface area (TPSA) is 9.23 Å². The molecule has 0 aromatic rings. The van der Waals surface area contributed by atoms with Gasteiger partial charge in [-0.05, 0) is 24.6 Å². The third-order valence-electron chi connectivity index (χ3n) is 1.84. The maximum atomic E-state index is 5.53. The van der Waals surface area contributed by atoms with Crippen LogP contribution in [0.25, 0.3) is 0 Å². The SMILES string of the molecule is S=P(S)(S)OC1CCCCC1. The van der Waals surface area contributed by atoms with Crippen molar-refractivity contribution in [3.63, 3.8) is 0 Å². The second kappa shape index (κ2) is 4.52. The summed E-state index contributed by atoms with van der Waals surface area (Å²) >= 11 is 13.2. The van der Waals surface area contributed by atoms with Crippen LogP contribution in [0, 0.1) is 0 Å². The zero-order valence-corrected chi connectivity index (χ0v) is 9.77. The van der Waals surface area contributed by atoms with E-state index in [4.69, 9.17) is 16.3 Å². The third kappa shape index (κ3) is 4.79. The molecule has 1 nitrogen and oxygen atoms in total. The van der Waals surface area contributed by atoms with E-state index in [-0.39, 0.29) is 0 Å². The van der Waals surface area contributed by atoms with Crippen LogP contribution in [0.2, 0.25) is 0 Å². The number of thiol groups is 2. The Labute approximate surface area is 83.7 Å². The van der Waals surface area contributed by atoms with Gasteiger partial charge in [0, 0.05) is 0 Å². The van der Waals surface area contributed by atoms with Gasteiger partial charge in [0.15, 0.2) is 4.67 Å². The smallest absolute Gasteiger partial charge is 0.168 e. The summed E-state index contributed by atoms with van der Waals surface area (Å²) in [7, 11) is 0. The molecule has 66 valence electrons. The van der Waals surface area contributed by atoms with Crippen LogP contribution in [0.1, 0.15) is 32.1 Å². The van der Waals surface area contributed by atoms with Crippen LogP contribution in [-0.2, 0) is 16.3 Å². The monoisotopic (exact) mass is 228 g/mol. The normalized spacial score (nSPS) is 22.0. The van der Waals surface area contributed by atoms with Crippen molar-refractivity contribution in [2.24, 2.45) is 0 Å². The Morgan fingerprint density at radius 3 is 2.18 bits per heavy atom. The van der Waals surface area contributed by atoms with Crippen LogP contribution in [0.15, 0.2) is 0 Å². The highest BCUT2D eigenvalue weighted by molar-refractivity contribution is 8.90. The van der Waals surface area contributed by atoms with Crippen molar-refractivity contribution in [3.05, 3.63) is 0 Å². The Morgan fingerprint density at radius 1 is 1.18 bits per heavy atom. The molecule has 0 unspecified atom stereocenters. The molecular weight excluding hydrogens is 215 g/mol. The van der Waals surface area contributed by atoms with Crippen molar-refractivity contribution in [3.8, 4) is 0 Å². The first-order valence-electron chi connectivity index (χ1n) is 3.82. The van der Waals surface area contributed by atoms with Gasteiger partial charge in [0.25, 0.3) is 0 Å². The van der Waals surface area contributed by atoms with E-state index < -0.39 is 4.67 Å². The summed E-state index contributed by atoms with van der Waals surface area (Å²) in [6.07, 6.45) is 6.48. The van der Waals surface area contributed by atoms with E-state index in [1.54, 1.807) is 0 Å². The van der Waals surface area contributed by atoms with Gasteiger partial charge in [0.2, 0.25) is 0 Å². The summed E-state index contributed by atoms with van der Waals surface area (Å²) in [5.74, 6) is 0. The highest BCUT2D eigenvalue weighted by Gasteiger charge is 2.18. The first kappa shape index (κ1) is 10.4. The molecule has 0 amide bonds. The predicted molar refractivity (Wildman–Crippen MR) is 60.2 cm³/mol. The molecule has 1 saturated carbocycles. The van der Waals surface area contributed by atoms with Crippen LogP contribution >= 0.6 is 29.2 Å². The third-order valence-corrected chi connectivity index (χ3v) is 3.24. The minimum Gasteiger partial charge on any atom is -0.331 e. The van der Waals surface area contributed by atoms with Gasteiger partial charge in [-0.15, -0.1) is 24.5 Å². The summed E-state index contributed by atoms with van der Waals surface area (Å²) in [4.78, 5) is 0. The van der Waals surface area contributed by atoms with Crippen LogP contribution in [-0.4, -0.2) is 6.10 Å². The van der Waals surface area contributed by atoms with Crippen LogP contribution in [0.3, 0.4) is 0 Å². The van der Waals surface area contributed by atoms with Crippen LogP contribution in [0.4, 0.5) is 0 Å². The lowest BCUT2D eigenvalue weighted by molar-refractivity contribution is 0.180. The summed E-state index contributed by atoms with van der Waals surface area (Å²) in [6, 6.07) is 0. The lowest BCUT2D eigenvalue weighted by atomic mass is 9.98. The molecule has 1 rings (SSSR count). The molecule has 0 aliphatic heterocycles. The summed E-state index contributed by atoms with van der Waals surface area (Å²) in [5, 5.41) is 0. The van der Waals surface area contributed by atoms with Crippen LogP contribution < -0.4 is 0 Å². The Balaban J connectivity index is 2.30. The second-order valence-electron chi connectivity index (χ2n) is 2.86. The Bertz CT molecular complexity index is 161. The van der Waals surface area contributed by atoms with Crippen LogP contribution in [0.5, 0.6) is 0 Å². The number of hydrogen-bond donors (Lipinski definition) is 2. The molecule has 1 aliphatic carbocycles. The zero-order valence-electron chi connectivity index (χ0n) is 6.27. The number of hydrogen-bond acceptors (Lipinski definition) is 2. The fraction of sp³-hybridized carbons (Fsp3) is 1.00. The van der Waals surface area contributed by atoms with Gasteiger partial charge in [0.1, 0.15) is 0 Å². The van der Waals surface area contributed by atoms with Gasteiger partial charge < -0.3 is 4.52 Å². The van der Waals surface area contributed by atoms with E-state index in [0.717, 1.165) is 12.8 Å². The minimum absolute atomic E-state index is 0.338. The molecule has 1 aliphatic rings. The average Bonchev–Trinajstić information content (AvgIpc) is 1.85.